The van der Waals surface area contributed by atoms with Crippen LogP contribution in [0, 0.1) is 0 Å². The molecule has 0 aromatic heterocycles. The van der Waals surface area contributed by atoms with Crippen molar-refractivity contribution in [3.05, 3.63) is 34.9 Å². The predicted molar refractivity (Wildman–Crippen MR) is 91.5 cm³/mol. The summed E-state index contributed by atoms with van der Waals surface area (Å²) in [4.78, 5) is 26.8. The number of hydrogen-bond donors (Lipinski definition) is 1. The van der Waals surface area contributed by atoms with E-state index in [0.717, 1.165) is 31.7 Å². The van der Waals surface area contributed by atoms with Crippen LogP contribution in [-0.4, -0.2) is 47.9 Å². The van der Waals surface area contributed by atoms with Gasteiger partial charge in [-0.15, -0.1) is 0 Å². The van der Waals surface area contributed by atoms with E-state index in [4.69, 9.17) is 11.6 Å². The standard InChI is InChI=1S/C16H21ClN2O2S/c1-22-11-8-14(16(21)19-9-4-5-10-19)18-15(20)12-6-2-3-7-13(12)17/h2-3,6-7,14H,4-5,8-11H2,1H3,(H,18,20). The minimum atomic E-state index is -0.477. The van der Waals surface area contributed by atoms with Crippen LogP contribution in [0.15, 0.2) is 24.3 Å². The Morgan fingerprint density at radius 1 is 1.32 bits per heavy atom. The fourth-order valence-corrected chi connectivity index (χ4v) is 3.23. The Bertz CT molecular complexity index is 533. The summed E-state index contributed by atoms with van der Waals surface area (Å²) >= 11 is 7.72. The van der Waals surface area contributed by atoms with Gasteiger partial charge >= 0.3 is 0 Å². The molecule has 0 radical (unpaired) electrons. The van der Waals surface area contributed by atoms with Gasteiger partial charge in [-0.25, -0.2) is 0 Å². The lowest BCUT2D eigenvalue weighted by Crippen LogP contribution is -2.48. The van der Waals surface area contributed by atoms with Crippen molar-refractivity contribution >= 4 is 35.2 Å². The first-order chi connectivity index (χ1) is 10.6. The van der Waals surface area contributed by atoms with Crippen molar-refractivity contribution in [2.24, 2.45) is 0 Å². The largest absolute Gasteiger partial charge is 0.341 e. The van der Waals surface area contributed by atoms with Crippen molar-refractivity contribution in [3.8, 4) is 0 Å². The molecule has 120 valence electrons. The number of nitrogens with zero attached hydrogens (tertiary/aromatic N) is 1. The Hall–Kier alpha value is -1.20. The lowest BCUT2D eigenvalue weighted by atomic mass is 10.1. The van der Waals surface area contributed by atoms with E-state index in [1.807, 2.05) is 11.2 Å². The second-order valence-electron chi connectivity index (χ2n) is 5.32. The smallest absolute Gasteiger partial charge is 0.253 e. The molecule has 1 atom stereocenters. The van der Waals surface area contributed by atoms with Gasteiger partial charge in [-0.05, 0) is 43.4 Å². The number of likely N-dealkylation sites (tertiary alicyclic amines) is 1. The molecule has 6 heteroatoms. The molecule has 4 nitrogen and oxygen atoms in total. The van der Waals surface area contributed by atoms with Gasteiger partial charge in [0.1, 0.15) is 6.04 Å². The number of halogens is 1. The SMILES string of the molecule is CSCCC(NC(=O)c1ccccc1Cl)C(=O)N1CCCC1. The molecule has 22 heavy (non-hydrogen) atoms. The quantitative estimate of drug-likeness (QED) is 0.866. The number of carbonyl (C=O) groups is 2. The number of rotatable bonds is 6. The van der Waals surface area contributed by atoms with Crippen LogP contribution in [-0.2, 0) is 4.79 Å². The van der Waals surface area contributed by atoms with Crippen LogP contribution in [0.2, 0.25) is 5.02 Å². The van der Waals surface area contributed by atoms with Crippen LogP contribution in [0.4, 0.5) is 0 Å². The van der Waals surface area contributed by atoms with Crippen molar-refractivity contribution in [1.82, 2.24) is 10.2 Å². The maximum absolute atomic E-state index is 12.6. The fraction of sp³-hybridized carbons (Fsp3) is 0.500. The van der Waals surface area contributed by atoms with Crippen LogP contribution in [0.25, 0.3) is 0 Å². The van der Waals surface area contributed by atoms with Gasteiger partial charge in [-0.2, -0.15) is 11.8 Å². The van der Waals surface area contributed by atoms with Crippen LogP contribution in [0.5, 0.6) is 0 Å². The average molecular weight is 341 g/mol. The number of benzene rings is 1. The topological polar surface area (TPSA) is 49.4 Å². The summed E-state index contributed by atoms with van der Waals surface area (Å²) in [6, 6.07) is 6.41. The maximum Gasteiger partial charge on any atom is 0.253 e. The number of thioether (sulfide) groups is 1. The third-order valence-corrected chi connectivity index (χ3v) is 4.72. The number of amides is 2. The second-order valence-corrected chi connectivity index (χ2v) is 6.71. The molecule has 1 saturated heterocycles. The van der Waals surface area contributed by atoms with E-state index in [0.29, 0.717) is 17.0 Å². The van der Waals surface area contributed by atoms with Gasteiger partial charge < -0.3 is 10.2 Å². The van der Waals surface area contributed by atoms with E-state index in [2.05, 4.69) is 5.32 Å². The van der Waals surface area contributed by atoms with Crippen LogP contribution in [0.1, 0.15) is 29.6 Å². The molecule has 1 aliphatic rings. The van der Waals surface area contributed by atoms with Crippen LogP contribution >= 0.6 is 23.4 Å². The Kier molecular flexibility index (Phi) is 6.58. The summed E-state index contributed by atoms with van der Waals surface area (Å²) in [5.41, 5.74) is 0.410. The lowest BCUT2D eigenvalue weighted by Gasteiger charge is -2.24. The fourth-order valence-electron chi connectivity index (χ4n) is 2.53. The van der Waals surface area contributed by atoms with E-state index in [-0.39, 0.29) is 11.8 Å². The average Bonchev–Trinajstić information content (AvgIpc) is 3.05. The summed E-state index contributed by atoms with van der Waals surface area (Å²) in [6.07, 6.45) is 4.71. The highest BCUT2D eigenvalue weighted by Crippen LogP contribution is 2.16. The summed E-state index contributed by atoms with van der Waals surface area (Å²) in [7, 11) is 0. The zero-order chi connectivity index (χ0) is 15.9. The molecule has 0 saturated carbocycles. The van der Waals surface area contributed by atoms with Gasteiger partial charge in [0.25, 0.3) is 5.91 Å². The Labute approximate surface area is 140 Å². The molecular formula is C16H21ClN2O2S. The van der Waals surface area contributed by atoms with Crippen LogP contribution < -0.4 is 5.32 Å². The zero-order valence-corrected chi connectivity index (χ0v) is 14.3. The Morgan fingerprint density at radius 3 is 2.64 bits per heavy atom. The summed E-state index contributed by atoms with van der Waals surface area (Å²) in [6.45, 7) is 1.58. The summed E-state index contributed by atoms with van der Waals surface area (Å²) < 4.78 is 0. The highest BCUT2D eigenvalue weighted by Gasteiger charge is 2.28. The van der Waals surface area contributed by atoms with Gasteiger partial charge in [0, 0.05) is 13.1 Å². The molecule has 0 bridgehead atoms. The van der Waals surface area contributed by atoms with E-state index >= 15 is 0 Å². The summed E-state index contributed by atoms with van der Waals surface area (Å²) in [5.74, 6) is 0.559. The van der Waals surface area contributed by atoms with Crippen molar-refractivity contribution in [2.75, 3.05) is 25.1 Å². The van der Waals surface area contributed by atoms with E-state index < -0.39 is 6.04 Å². The minimum absolute atomic E-state index is 0.0203. The number of hydrogen-bond acceptors (Lipinski definition) is 3. The molecule has 2 amide bonds. The Balaban J connectivity index is 2.07. The molecule has 0 spiro atoms. The third-order valence-electron chi connectivity index (χ3n) is 3.75. The van der Waals surface area contributed by atoms with Crippen molar-refractivity contribution in [2.45, 2.75) is 25.3 Å². The van der Waals surface area contributed by atoms with Gasteiger partial charge in [0.05, 0.1) is 10.6 Å². The molecule has 0 aliphatic carbocycles. The first-order valence-corrected chi connectivity index (χ1v) is 9.23. The third kappa shape index (κ3) is 4.40. The molecule has 1 heterocycles. The van der Waals surface area contributed by atoms with E-state index in [9.17, 15) is 9.59 Å². The first-order valence-electron chi connectivity index (χ1n) is 7.46. The maximum atomic E-state index is 12.6. The number of carbonyl (C=O) groups excluding carboxylic acids is 2. The molecular weight excluding hydrogens is 320 g/mol. The van der Waals surface area contributed by atoms with E-state index in [1.165, 1.54) is 0 Å². The van der Waals surface area contributed by atoms with Crippen molar-refractivity contribution in [3.63, 3.8) is 0 Å². The zero-order valence-electron chi connectivity index (χ0n) is 12.7. The van der Waals surface area contributed by atoms with Crippen LogP contribution in [0.3, 0.4) is 0 Å². The molecule has 1 aromatic rings. The number of nitrogens with one attached hydrogen (secondary N) is 1. The van der Waals surface area contributed by atoms with Crippen molar-refractivity contribution < 1.29 is 9.59 Å². The lowest BCUT2D eigenvalue weighted by molar-refractivity contribution is -0.132. The normalized spacial score (nSPS) is 15.6. The monoisotopic (exact) mass is 340 g/mol. The summed E-state index contributed by atoms with van der Waals surface area (Å²) in [5, 5.41) is 3.26. The van der Waals surface area contributed by atoms with Gasteiger partial charge in [0.15, 0.2) is 0 Å². The molecule has 2 rings (SSSR count). The predicted octanol–water partition coefficient (Wildman–Crippen LogP) is 2.81. The van der Waals surface area contributed by atoms with E-state index in [1.54, 1.807) is 36.0 Å². The van der Waals surface area contributed by atoms with Gasteiger partial charge in [-0.1, -0.05) is 23.7 Å². The highest BCUT2D eigenvalue weighted by atomic mass is 35.5. The Morgan fingerprint density at radius 2 is 2.00 bits per heavy atom. The molecule has 1 N–H and O–H groups in total. The first kappa shape index (κ1) is 17.2. The molecule has 1 fully saturated rings. The second kappa shape index (κ2) is 8.44. The van der Waals surface area contributed by atoms with Crippen molar-refractivity contribution in [1.29, 1.82) is 0 Å². The molecule has 1 aliphatic heterocycles. The van der Waals surface area contributed by atoms with Gasteiger partial charge in [0.2, 0.25) is 5.91 Å². The molecule has 1 aromatic carbocycles. The van der Waals surface area contributed by atoms with Gasteiger partial charge in [-0.3, -0.25) is 9.59 Å². The molecule has 1 unspecified atom stereocenters. The highest BCUT2D eigenvalue weighted by molar-refractivity contribution is 7.98. The minimum Gasteiger partial charge on any atom is -0.341 e.